The number of hydrogen-bond acceptors (Lipinski definition) is 3. The maximum atomic E-state index is 13.1. The summed E-state index contributed by atoms with van der Waals surface area (Å²) in [7, 11) is 0. The molecule has 0 saturated heterocycles. The van der Waals surface area contributed by atoms with Crippen LogP contribution in [-0.2, 0) is 11.3 Å². The van der Waals surface area contributed by atoms with Gasteiger partial charge in [0.05, 0.1) is 5.56 Å². The van der Waals surface area contributed by atoms with Gasteiger partial charge in [0.25, 0.3) is 5.91 Å². The molecule has 1 fully saturated rings. The summed E-state index contributed by atoms with van der Waals surface area (Å²) in [6.07, 6.45) is 7.87. The van der Waals surface area contributed by atoms with Crippen LogP contribution in [0.15, 0.2) is 18.5 Å². The Kier molecular flexibility index (Phi) is 3.98. The number of hydrogen-bond donors (Lipinski definition) is 2. The maximum Gasteiger partial charge on any atom is 0.257 e. The summed E-state index contributed by atoms with van der Waals surface area (Å²) in [5.74, 6) is -0.0743. The molecule has 132 valence electrons. The second-order valence-corrected chi connectivity index (χ2v) is 7.51. The van der Waals surface area contributed by atoms with Gasteiger partial charge >= 0.3 is 0 Å². The van der Waals surface area contributed by atoms with Gasteiger partial charge < -0.3 is 15.2 Å². The zero-order valence-corrected chi connectivity index (χ0v) is 14.7. The largest absolute Gasteiger partial charge is 0.352 e. The van der Waals surface area contributed by atoms with Crippen molar-refractivity contribution >= 4 is 22.8 Å². The average Bonchev–Trinajstić information content (AvgIpc) is 3.22. The summed E-state index contributed by atoms with van der Waals surface area (Å²) >= 11 is 0. The van der Waals surface area contributed by atoms with E-state index >= 15 is 0 Å². The summed E-state index contributed by atoms with van der Waals surface area (Å²) in [6, 6.07) is 1.73. The number of aromatic nitrogens is 2. The van der Waals surface area contributed by atoms with E-state index in [2.05, 4.69) is 15.3 Å². The lowest BCUT2D eigenvalue weighted by molar-refractivity contribution is -0.128. The Balaban J connectivity index is 1.64. The van der Waals surface area contributed by atoms with E-state index in [1.807, 2.05) is 19.9 Å². The number of H-pyrrole nitrogens is 1. The highest BCUT2D eigenvalue weighted by molar-refractivity contribution is 6.10. The molecule has 6 heteroatoms. The van der Waals surface area contributed by atoms with Crippen LogP contribution >= 0.6 is 0 Å². The van der Waals surface area contributed by atoms with Crippen molar-refractivity contribution in [2.24, 2.45) is 5.92 Å². The van der Waals surface area contributed by atoms with Crippen LogP contribution in [0, 0.1) is 5.92 Å². The predicted molar refractivity (Wildman–Crippen MR) is 95.0 cm³/mol. The number of amides is 2. The second kappa shape index (κ2) is 6.17. The van der Waals surface area contributed by atoms with Crippen molar-refractivity contribution in [3.63, 3.8) is 0 Å². The molecule has 0 bridgehead atoms. The minimum absolute atomic E-state index is 0.0282. The molecule has 0 radical (unpaired) electrons. The molecule has 1 aliphatic heterocycles. The Hall–Kier alpha value is -2.37. The first-order chi connectivity index (χ1) is 12.1. The van der Waals surface area contributed by atoms with Gasteiger partial charge in [-0.15, -0.1) is 0 Å². The molecule has 1 aliphatic carbocycles. The lowest BCUT2D eigenvalue weighted by atomic mass is 9.95. The Morgan fingerprint density at radius 1 is 1.36 bits per heavy atom. The first-order valence-corrected chi connectivity index (χ1v) is 9.12. The minimum Gasteiger partial charge on any atom is -0.352 e. The molecular formula is C19H24N4O2. The SMILES string of the molecule is CC(C)[C@H](C(=O)NC1CCCC1)N1Cc2ccnc3[nH]cc(c23)C1=O. The molecule has 6 nitrogen and oxygen atoms in total. The predicted octanol–water partition coefficient (Wildman–Crippen LogP) is 2.60. The molecule has 2 aromatic heterocycles. The van der Waals surface area contributed by atoms with Crippen molar-refractivity contribution in [2.45, 2.75) is 58.2 Å². The molecule has 2 aromatic rings. The van der Waals surface area contributed by atoms with E-state index in [4.69, 9.17) is 0 Å². The van der Waals surface area contributed by atoms with Crippen molar-refractivity contribution in [1.82, 2.24) is 20.2 Å². The number of pyridine rings is 1. The van der Waals surface area contributed by atoms with Gasteiger partial charge in [0.2, 0.25) is 5.91 Å². The van der Waals surface area contributed by atoms with Crippen molar-refractivity contribution in [3.05, 3.63) is 29.6 Å². The fourth-order valence-electron chi connectivity index (χ4n) is 4.22. The molecule has 3 heterocycles. The van der Waals surface area contributed by atoms with Crippen LogP contribution in [-0.4, -0.2) is 38.8 Å². The lowest BCUT2D eigenvalue weighted by Gasteiger charge is -2.36. The summed E-state index contributed by atoms with van der Waals surface area (Å²) in [5, 5.41) is 4.06. The summed E-state index contributed by atoms with van der Waals surface area (Å²) in [5.41, 5.74) is 2.39. The van der Waals surface area contributed by atoms with Gasteiger partial charge in [-0.05, 0) is 30.4 Å². The molecule has 2 amide bonds. The van der Waals surface area contributed by atoms with E-state index in [-0.39, 0.29) is 23.8 Å². The number of nitrogens with one attached hydrogen (secondary N) is 2. The van der Waals surface area contributed by atoms with Gasteiger partial charge in [-0.1, -0.05) is 26.7 Å². The Morgan fingerprint density at radius 3 is 2.84 bits per heavy atom. The standard InChI is InChI=1S/C19H24N4O2/c1-11(2)16(18(24)22-13-5-3-4-6-13)23-10-12-7-8-20-17-15(12)14(9-21-17)19(23)25/h7-9,11,13,16H,3-6,10H2,1-2H3,(H,20,21)(H,22,24)/t16-/m1/s1. The van der Waals surface area contributed by atoms with Crippen LogP contribution in [0.25, 0.3) is 11.0 Å². The average molecular weight is 340 g/mol. The molecule has 1 saturated carbocycles. The lowest BCUT2D eigenvalue weighted by Crippen LogP contribution is -2.54. The van der Waals surface area contributed by atoms with E-state index in [9.17, 15) is 9.59 Å². The summed E-state index contributed by atoms with van der Waals surface area (Å²) < 4.78 is 0. The molecule has 0 spiro atoms. The number of aromatic amines is 1. The number of carbonyl (C=O) groups is 2. The second-order valence-electron chi connectivity index (χ2n) is 7.51. The van der Waals surface area contributed by atoms with Gasteiger partial charge in [0, 0.05) is 30.4 Å². The number of rotatable bonds is 4. The topological polar surface area (TPSA) is 78.1 Å². The summed E-state index contributed by atoms with van der Waals surface area (Å²) in [6.45, 7) is 4.45. The third kappa shape index (κ3) is 2.69. The number of carbonyl (C=O) groups excluding carboxylic acids is 2. The highest BCUT2D eigenvalue weighted by Crippen LogP contribution is 2.31. The normalized spacial score (nSPS) is 19.0. The Morgan fingerprint density at radius 2 is 2.12 bits per heavy atom. The monoisotopic (exact) mass is 340 g/mol. The summed E-state index contributed by atoms with van der Waals surface area (Å²) in [4.78, 5) is 35.1. The van der Waals surface area contributed by atoms with E-state index in [0.717, 1.165) is 29.4 Å². The molecule has 0 unspecified atom stereocenters. The molecule has 2 N–H and O–H groups in total. The van der Waals surface area contributed by atoms with E-state index in [1.54, 1.807) is 17.3 Å². The van der Waals surface area contributed by atoms with E-state index in [1.165, 1.54) is 12.8 Å². The van der Waals surface area contributed by atoms with Crippen LogP contribution < -0.4 is 5.32 Å². The van der Waals surface area contributed by atoms with Crippen molar-refractivity contribution in [3.8, 4) is 0 Å². The smallest absolute Gasteiger partial charge is 0.257 e. The van der Waals surface area contributed by atoms with E-state index in [0.29, 0.717) is 12.1 Å². The van der Waals surface area contributed by atoms with Gasteiger partial charge in [0.1, 0.15) is 11.7 Å². The van der Waals surface area contributed by atoms with Gasteiger partial charge in [-0.25, -0.2) is 4.98 Å². The van der Waals surface area contributed by atoms with Crippen LogP contribution in [0.3, 0.4) is 0 Å². The molecule has 2 aliphatic rings. The molecule has 25 heavy (non-hydrogen) atoms. The van der Waals surface area contributed by atoms with Gasteiger partial charge in [-0.3, -0.25) is 9.59 Å². The Labute approximate surface area is 147 Å². The van der Waals surface area contributed by atoms with Gasteiger partial charge in [-0.2, -0.15) is 0 Å². The number of nitrogens with zero attached hydrogens (tertiary/aromatic N) is 2. The van der Waals surface area contributed by atoms with Gasteiger partial charge in [0.15, 0.2) is 0 Å². The molecule has 4 rings (SSSR count). The molecular weight excluding hydrogens is 316 g/mol. The van der Waals surface area contributed by atoms with Crippen molar-refractivity contribution in [2.75, 3.05) is 0 Å². The quantitative estimate of drug-likeness (QED) is 0.898. The van der Waals surface area contributed by atoms with Crippen LogP contribution in [0.4, 0.5) is 0 Å². The molecule has 0 aromatic carbocycles. The third-order valence-corrected chi connectivity index (χ3v) is 5.43. The highest BCUT2D eigenvalue weighted by atomic mass is 16.2. The first-order valence-electron chi connectivity index (χ1n) is 9.12. The fourth-order valence-corrected chi connectivity index (χ4v) is 4.22. The molecule has 1 atom stereocenters. The fraction of sp³-hybridized carbons (Fsp3) is 0.526. The minimum atomic E-state index is -0.459. The maximum absolute atomic E-state index is 13.1. The van der Waals surface area contributed by atoms with Crippen LogP contribution in [0.5, 0.6) is 0 Å². The van der Waals surface area contributed by atoms with Crippen LogP contribution in [0.1, 0.15) is 55.5 Å². The Bertz CT molecular complexity index is 820. The van der Waals surface area contributed by atoms with Crippen LogP contribution in [0.2, 0.25) is 0 Å². The first kappa shape index (κ1) is 16.1. The van der Waals surface area contributed by atoms with Crippen molar-refractivity contribution in [1.29, 1.82) is 0 Å². The van der Waals surface area contributed by atoms with Crippen molar-refractivity contribution < 1.29 is 9.59 Å². The zero-order valence-electron chi connectivity index (χ0n) is 14.7. The third-order valence-electron chi connectivity index (χ3n) is 5.43. The zero-order chi connectivity index (χ0) is 17.6. The van der Waals surface area contributed by atoms with E-state index < -0.39 is 6.04 Å². The highest BCUT2D eigenvalue weighted by Gasteiger charge is 2.38.